The number of benzene rings is 2. The van der Waals surface area contributed by atoms with Gasteiger partial charge in [-0.25, -0.2) is 5.01 Å². The fraction of sp³-hybridized carbons (Fsp3) is 0.0526. The van der Waals surface area contributed by atoms with E-state index in [1.807, 2.05) is 12.1 Å². The van der Waals surface area contributed by atoms with Crippen LogP contribution in [0.15, 0.2) is 71.3 Å². The smallest absolute Gasteiger partial charge is 0.276 e. The van der Waals surface area contributed by atoms with Gasteiger partial charge in [0.1, 0.15) is 5.76 Å². The van der Waals surface area contributed by atoms with Gasteiger partial charge in [-0.05, 0) is 48.5 Å². The minimum atomic E-state index is -0.663. The van der Waals surface area contributed by atoms with Gasteiger partial charge in [-0.15, -0.1) is 0 Å². The fourth-order valence-electron chi connectivity index (χ4n) is 2.79. The maximum Gasteiger partial charge on any atom is 0.276 e. The lowest BCUT2D eigenvalue weighted by atomic mass is 10.1. The van der Waals surface area contributed by atoms with E-state index in [1.54, 1.807) is 48.5 Å². The van der Waals surface area contributed by atoms with Crippen LogP contribution in [0.3, 0.4) is 0 Å². The summed E-state index contributed by atoms with van der Waals surface area (Å²) in [5, 5.41) is 4.98. The van der Waals surface area contributed by atoms with Crippen LogP contribution in [0.25, 0.3) is 0 Å². The number of hydrogen-bond acceptors (Lipinski definition) is 4. The number of nitrogens with one attached hydrogen (secondary N) is 2. The number of nitrogens with zero attached hydrogens (tertiary/aromatic N) is 1. The molecule has 0 aliphatic carbocycles. The third-order valence-electron chi connectivity index (χ3n) is 4.07. The summed E-state index contributed by atoms with van der Waals surface area (Å²) in [4.78, 5) is 25.5. The number of hydrogen-bond donors (Lipinski definition) is 2. The van der Waals surface area contributed by atoms with Gasteiger partial charge in [0.15, 0.2) is 6.17 Å². The molecule has 2 aromatic carbocycles. The number of hydrazine groups is 1. The van der Waals surface area contributed by atoms with Crippen molar-refractivity contribution in [1.29, 1.82) is 0 Å². The van der Waals surface area contributed by atoms with E-state index < -0.39 is 12.1 Å². The van der Waals surface area contributed by atoms with Gasteiger partial charge in [0, 0.05) is 16.3 Å². The maximum absolute atomic E-state index is 13.0. The van der Waals surface area contributed by atoms with Gasteiger partial charge in [0.25, 0.3) is 11.8 Å². The molecular weight excluding hydrogens is 354 g/mol. The van der Waals surface area contributed by atoms with Gasteiger partial charge >= 0.3 is 0 Å². The molecule has 0 saturated heterocycles. The SMILES string of the molecule is O=C(NN1C(=O)c2ccccc2NC1c1ccco1)c1ccc(Cl)cc1. The Morgan fingerprint density at radius 1 is 1.08 bits per heavy atom. The lowest BCUT2D eigenvalue weighted by Gasteiger charge is -2.36. The van der Waals surface area contributed by atoms with Crippen LogP contribution in [0.4, 0.5) is 5.69 Å². The number of carbonyl (C=O) groups excluding carboxylic acids is 2. The van der Waals surface area contributed by atoms with Crippen LogP contribution in [-0.4, -0.2) is 16.8 Å². The first-order valence-electron chi connectivity index (χ1n) is 7.92. The Labute approximate surface area is 154 Å². The summed E-state index contributed by atoms with van der Waals surface area (Å²) in [6, 6.07) is 17.0. The van der Waals surface area contributed by atoms with Crippen molar-refractivity contribution in [1.82, 2.24) is 10.4 Å². The van der Waals surface area contributed by atoms with E-state index >= 15 is 0 Å². The van der Waals surface area contributed by atoms with E-state index in [-0.39, 0.29) is 5.91 Å². The van der Waals surface area contributed by atoms with Crippen molar-refractivity contribution in [2.75, 3.05) is 5.32 Å². The monoisotopic (exact) mass is 367 g/mol. The van der Waals surface area contributed by atoms with Crippen molar-refractivity contribution < 1.29 is 14.0 Å². The van der Waals surface area contributed by atoms with Crippen LogP contribution in [-0.2, 0) is 0 Å². The molecule has 2 amide bonds. The molecule has 1 atom stereocenters. The molecule has 0 radical (unpaired) electrons. The third kappa shape index (κ3) is 2.91. The molecule has 0 spiro atoms. The number of para-hydroxylation sites is 1. The van der Waals surface area contributed by atoms with E-state index in [0.29, 0.717) is 27.6 Å². The molecule has 1 aliphatic heterocycles. The van der Waals surface area contributed by atoms with Crippen molar-refractivity contribution in [3.05, 3.63) is 88.8 Å². The van der Waals surface area contributed by atoms with E-state index in [2.05, 4.69) is 10.7 Å². The maximum atomic E-state index is 13.0. The number of fused-ring (bicyclic) bond motifs is 1. The molecule has 2 N–H and O–H groups in total. The van der Waals surface area contributed by atoms with Crippen molar-refractivity contribution in [2.24, 2.45) is 0 Å². The molecule has 1 aliphatic rings. The highest BCUT2D eigenvalue weighted by Gasteiger charge is 2.35. The predicted molar refractivity (Wildman–Crippen MR) is 96.6 cm³/mol. The van der Waals surface area contributed by atoms with Crippen molar-refractivity contribution in [3.63, 3.8) is 0 Å². The minimum absolute atomic E-state index is 0.330. The molecule has 4 rings (SSSR count). The molecule has 130 valence electrons. The van der Waals surface area contributed by atoms with E-state index in [4.69, 9.17) is 16.0 Å². The number of furan rings is 1. The summed E-state index contributed by atoms with van der Waals surface area (Å²) in [5.74, 6) is -0.250. The van der Waals surface area contributed by atoms with Gasteiger partial charge in [0.2, 0.25) is 0 Å². The molecule has 3 aromatic rings. The van der Waals surface area contributed by atoms with Crippen LogP contribution in [0.1, 0.15) is 32.6 Å². The van der Waals surface area contributed by atoms with E-state index in [0.717, 1.165) is 0 Å². The van der Waals surface area contributed by atoms with Gasteiger partial charge in [0.05, 0.1) is 11.8 Å². The van der Waals surface area contributed by atoms with Crippen LogP contribution in [0.2, 0.25) is 5.02 Å². The molecule has 26 heavy (non-hydrogen) atoms. The largest absolute Gasteiger partial charge is 0.465 e. The summed E-state index contributed by atoms with van der Waals surface area (Å²) >= 11 is 5.86. The molecule has 0 fully saturated rings. The molecular formula is C19H14ClN3O3. The zero-order valence-electron chi connectivity index (χ0n) is 13.5. The zero-order chi connectivity index (χ0) is 18.1. The number of rotatable bonds is 3. The molecule has 7 heteroatoms. The summed E-state index contributed by atoms with van der Waals surface area (Å²) < 4.78 is 5.44. The number of amides is 2. The summed E-state index contributed by atoms with van der Waals surface area (Å²) in [6.45, 7) is 0. The minimum Gasteiger partial charge on any atom is -0.465 e. The van der Waals surface area contributed by atoms with Crippen LogP contribution < -0.4 is 10.7 Å². The normalized spacial score (nSPS) is 16.0. The van der Waals surface area contributed by atoms with E-state index in [9.17, 15) is 9.59 Å². The summed E-state index contributed by atoms with van der Waals surface area (Å²) in [5.41, 5.74) is 4.19. The Morgan fingerprint density at radius 2 is 1.85 bits per heavy atom. The molecule has 0 bridgehead atoms. The van der Waals surface area contributed by atoms with Gasteiger partial charge in [-0.2, -0.15) is 0 Å². The second-order valence-electron chi connectivity index (χ2n) is 5.73. The highest BCUT2D eigenvalue weighted by Crippen LogP contribution is 2.32. The molecule has 0 saturated carbocycles. The quantitative estimate of drug-likeness (QED) is 0.737. The van der Waals surface area contributed by atoms with Gasteiger partial charge in [-0.3, -0.25) is 15.0 Å². The van der Waals surface area contributed by atoms with Gasteiger partial charge < -0.3 is 9.73 Å². The Bertz CT molecular complexity index is 954. The van der Waals surface area contributed by atoms with Crippen molar-refractivity contribution in [3.8, 4) is 0 Å². The summed E-state index contributed by atoms with van der Waals surface area (Å²) in [6.07, 6.45) is 0.852. The Hall–Kier alpha value is -3.25. The molecule has 1 unspecified atom stereocenters. The Kier molecular flexibility index (Phi) is 4.10. The first kappa shape index (κ1) is 16.2. The highest BCUT2D eigenvalue weighted by molar-refractivity contribution is 6.30. The lowest BCUT2D eigenvalue weighted by Crippen LogP contribution is -2.52. The molecule has 1 aromatic heterocycles. The highest BCUT2D eigenvalue weighted by atomic mass is 35.5. The second-order valence-corrected chi connectivity index (χ2v) is 6.17. The number of halogens is 1. The second kappa shape index (κ2) is 6.57. The fourth-order valence-corrected chi connectivity index (χ4v) is 2.92. The molecule has 2 heterocycles. The van der Waals surface area contributed by atoms with Crippen LogP contribution in [0.5, 0.6) is 0 Å². The van der Waals surface area contributed by atoms with Gasteiger partial charge in [-0.1, -0.05) is 23.7 Å². The third-order valence-corrected chi connectivity index (χ3v) is 4.32. The predicted octanol–water partition coefficient (Wildman–Crippen LogP) is 3.84. The first-order valence-corrected chi connectivity index (χ1v) is 8.30. The average molecular weight is 368 g/mol. The molecule has 6 nitrogen and oxygen atoms in total. The number of anilines is 1. The number of carbonyl (C=O) groups is 2. The van der Waals surface area contributed by atoms with Crippen molar-refractivity contribution in [2.45, 2.75) is 6.17 Å². The van der Waals surface area contributed by atoms with Crippen molar-refractivity contribution >= 4 is 29.1 Å². The zero-order valence-corrected chi connectivity index (χ0v) is 14.2. The summed E-state index contributed by atoms with van der Waals surface area (Å²) in [7, 11) is 0. The standard InChI is InChI=1S/C19H14ClN3O3/c20-13-9-7-12(8-10-13)18(24)22-23-17(16-6-3-11-26-16)21-15-5-2-1-4-14(15)19(23)25/h1-11,17,21H,(H,22,24). The Morgan fingerprint density at radius 3 is 2.58 bits per heavy atom. The first-order chi connectivity index (χ1) is 12.6. The lowest BCUT2D eigenvalue weighted by molar-refractivity contribution is 0.0467. The topological polar surface area (TPSA) is 74.6 Å². The Balaban J connectivity index is 1.68. The van der Waals surface area contributed by atoms with E-state index in [1.165, 1.54) is 11.3 Å². The van der Waals surface area contributed by atoms with Crippen LogP contribution in [0, 0.1) is 0 Å². The van der Waals surface area contributed by atoms with Crippen LogP contribution >= 0.6 is 11.6 Å². The average Bonchev–Trinajstić information content (AvgIpc) is 3.19.